The van der Waals surface area contributed by atoms with Crippen LogP contribution in [-0.2, 0) is 6.42 Å². The first kappa shape index (κ1) is 10.5. The van der Waals surface area contributed by atoms with Crippen LogP contribution in [0.3, 0.4) is 0 Å². The number of rotatable bonds is 4. The summed E-state index contributed by atoms with van der Waals surface area (Å²) >= 11 is 0. The van der Waals surface area contributed by atoms with Gasteiger partial charge in [-0.15, -0.1) is 0 Å². The Morgan fingerprint density at radius 1 is 1.25 bits per heavy atom. The van der Waals surface area contributed by atoms with E-state index in [-0.39, 0.29) is 0 Å². The zero-order valence-electron chi connectivity index (χ0n) is 9.27. The van der Waals surface area contributed by atoms with Crippen LogP contribution in [0.5, 0.6) is 0 Å². The largest absolute Gasteiger partial charge is 0.354 e. The highest BCUT2D eigenvalue weighted by Crippen LogP contribution is 2.03. The standard InChI is InChI=1S/C10H13N5O/c1-7-5-8(2)15-10(14-7)11-4-3-9-12-6-13-16-9/h5-6H,3-4H2,1-2H3,(H,11,14,15). The van der Waals surface area contributed by atoms with E-state index in [9.17, 15) is 0 Å². The first-order chi connectivity index (χ1) is 7.74. The molecule has 0 aliphatic heterocycles. The first-order valence-corrected chi connectivity index (χ1v) is 5.06. The molecule has 0 amide bonds. The van der Waals surface area contributed by atoms with E-state index in [1.54, 1.807) is 0 Å². The minimum atomic E-state index is 0.608. The molecule has 2 rings (SSSR count). The summed E-state index contributed by atoms with van der Waals surface area (Å²) in [7, 11) is 0. The predicted octanol–water partition coefficient (Wildman–Crippen LogP) is 1.13. The number of nitrogens with zero attached hydrogens (tertiary/aromatic N) is 4. The number of hydrogen-bond acceptors (Lipinski definition) is 6. The molecule has 2 heterocycles. The van der Waals surface area contributed by atoms with Crippen LogP contribution >= 0.6 is 0 Å². The molecule has 0 spiro atoms. The summed E-state index contributed by atoms with van der Waals surface area (Å²) in [6.07, 6.45) is 2.05. The van der Waals surface area contributed by atoms with Crippen molar-refractivity contribution in [3.8, 4) is 0 Å². The second-order valence-corrected chi connectivity index (χ2v) is 3.49. The molecule has 0 unspecified atom stereocenters. The van der Waals surface area contributed by atoms with E-state index in [1.807, 2.05) is 19.9 Å². The monoisotopic (exact) mass is 219 g/mol. The predicted molar refractivity (Wildman–Crippen MR) is 58.0 cm³/mol. The van der Waals surface area contributed by atoms with Gasteiger partial charge in [-0.25, -0.2) is 9.97 Å². The molecule has 0 saturated heterocycles. The highest BCUT2D eigenvalue weighted by atomic mass is 16.5. The van der Waals surface area contributed by atoms with E-state index >= 15 is 0 Å². The Bertz CT molecular complexity index is 434. The molecule has 0 atom stereocenters. The van der Waals surface area contributed by atoms with Gasteiger partial charge in [-0.05, 0) is 19.9 Å². The molecule has 0 aliphatic rings. The van der Waals surface area contributed by atoms with Gasteiger partial charge in [-0.1, -0.05) is 5.16 Å². The summed E-state index contributed by atoms with van der Waals surface area (Å²) in [6, 6.07) is 1.93. The summed E-state index contributed by atoms with van der Waals surface area (Å²) in [5, 5.41) is 6.65. The van der Waals surface area contributed by atoms with E-state index in [1.165, 1.54) is 6.33 Å². The smallest absolute Gasteiger partial charge is 0.228 e. The lowest BCUT2D eigenvalue weighted by molar-refractivity contribution is 0.379. The normalized spacial score (nSPS) is 10.4. The highest BCUT2D eigenvalue weighted by Gasteiger charge is 2.01. The van der Waals surface area contributed by atoms with Crippen molar-refractivity contribution >= 4 is 5.95 Å². The van der Waals surface area contributed by atoms with E-state index in [0.717, 1.165) is 11.4 Å². The van der Waals surface area contributed by atoms with Crippen LogP contribution in [0.15, 0.2) is 16.9 Å². The molecule has 6 heteroatoms. The van der Waals surface area contributed by atoms with Gasteiger partial charge in [0.25, 0.3) is 0 Å². The highest BCUT2D eigenvalue weighted by molar-refractivity contribution is 5.27. The zero-order chi connectivity index (χ0) is 11.4. The van der Waals surface area contributed by atoms with E-state index < -0.39 is 0 Å². The van der Waals surface area contributed by atoms with Crippen LogP contribution in [0.1, 0.15) is 17.3 Å². The molecule has 0 saturated carbocycles. The van der Waals surface area contributed by atoms with Gasteiger partial charge in [-0.2, -0.15) is 4.98 Å². The summed E-state index contributed by atoms with van der Waals surface area (Å²) in [5.41, 5.74) is 1.90. The third kappa shape index (κ3) is 2.75. The lowest BCUT2D eigenvalue weighted by Gasteiger charge is -2.04. The van der Waals surface area contributed by atoms with Crippen molar-refractivity contribution in [3.63, 3.8) is 0 Å². The second kappa shape index (κ2) is 4.69. The molecule has 2 aromatic rings. The average Bonchev–Trinajstić information content (AvgIpc) is 2.69. The molecule has 0 aromatic carbocycles. The van der Waals surface area contributed by atoms with Gasteiger partial charge in [0.05, 0.1) is 0 Å². The van der Waals surface area contributed by atoms with Crippen LogP contribution in [-0.4, -0.2) is 26.7 Å². The topological polar surface area (TPSA) is 76.7 Å². The Balaban J connectivity index is 1.89. The molecule has 84 valence electrons. The Kier molecular flexibility index (Phi) is 3.09. The SMILES string of the molecule is Cc1cc(C)nc(NCCc2ncno2)n1. The molecule has 1 N–H and O–H groups in total. The molecule has 6 nitrogen and oxygen atoms in total. The number of nitrogens with one attached hydrogen (secondary N) is 1. The fourth-order valence-corrected chi connectivity index (χ4v) is 1.39. The molecule has 2 aromatic heterocycles. The summed E-state index contributed by atoms with van der Waals surface area (Å²) in [4.78, 5) is 12.5. The molecular formula is C10H13N5O. The van der Waals surface area contributed by atoms with Gasteiger partial charge < -0.3 is 9.84 Å². The quantitative estimate of drug-likeness (QED) is 0.830. The van der Waals surface area contributed by atoms with Gasteiger partial charge in [-0.3, -0.25) is 0 Å². The number of aryl methyl sites for hydroxylation is 2. The van der Waals surface area contributed by atoms with Crippen molar-refractivity contribution in [2.45, 2.75) is 20.3 Å². The molecule has 16 heavy (non-hydrogen) atoms. The third-order valence-electron chi connectivity index (χ3n) is 2.01. The summed E-state index contributed by atoms with van der Waals surface area (Å²) < 4.78 is 4.88. The maximum absolute atomic E-state index is 4.88. The van der Waals surface area contributed by atoms with Crippen molar-refractivity contribution < 1.29 is 4.52 Å². The lowest BCUT2D eigenvalue weighted by atomic mass is 10.3. The minimum Gasteiger partial charge on any atom is -0.354 e. The van der Waals surface area contributed by atoms with Crippen molar-refractivity contribution in [1.29, 1.82) is 0 Å². The fourth-order valence-electron chi connectivity index (χ4n) is 1.39. The molecule has 0 fully saturated rings. The van der Waals surface area contributed by atoms with Crippen molar-refractivity contribution in [2.24, 2.45) is 0 Å². The minimum absolute atomic E-state index is 0.608. The maximum atomic E-state index is 4.88. The Morgan fingerprint density at radius 3 is 2.62 bits per heavy atom. The molecule has 0 bridgehead atoms. The number of aromatic nitrogens is 4. The Morgan fingerprint density at radius 2 is 2.00 bits per heavy atom. The van der Waals surface area contributed by atoms with Gasteiger partial charge in [0.2, 0.25) is 11.8 Å². The van der Waals surface area contributed by atoms with Gasteiger partial charge >= 0.3 is 0 Å². The van der Waals surface area contributed by atoms with E-state index in [0.29, 0.717) is 24.8 Å². The van der Waals surface area contributed by atoms with Gasteiger partial charge in [0, 0.05) is 24.4 Å². The maximum Gasteiger partial charge on any atom is 0.228 e. The summed E-state index contributed by atoms with van der Waals surface area (Å²) in [5.74, 6) is 1.24. The van der Waals surface area contributed by atoms with Crippen LogP contribution in [0.4, 0.5) is 5.95 Å². The molecule has 0 aliphatic carbocycles. The Labute approximate surface area is 93.1 Å². The molecule has 0 radical (unpaired) electrons. The third-order valence-corrected chi connectivity index (χ3v) is 2.01. The lowest BCUT2D eigenvalue weighted by Crippen LogP contribution is -2.09. The van der Waals surface area contributed by atoms with Crippen LogP contribution in [0.25, 0.3) is 0 Å². The molecular weight excluding hydrogens is 206 g/mol. The van der Waals surface area contributed by atoms with Gasteiger partial charge in [0.15, 0.2) is 6.33 Å². The van der Waals surface area contributed by atoms with Crippen molar-refractivity contribution in [2.75, 3.05) is 11.9 Å². The Hall–Kier alpha value is -1.98. The van der Waals surface area contributed by atoms with Crippen LogP contribution < -0.4 is 5.32 Å². The second-order valence-electron chi connectivity index (χ2n) is 3.49. The summed E-state index contributed by atoms with van der Waals surface area (Å²) in [6.45, 7) is 4.56. The zero-order valence-corrected chi connectivity index (χ0v) is 9.27. The van der Waals surface area contributed by atoms with Crippen LogP contribution in [0.2, 0.25) is 0 Å². The number of hydrogen-bond donors (Lipinski definition) is 1. The van der Waals surface area contributed by atoms with Crippen molar-refractivity contribution in [3.05, 3.63) is 29.7 Å². The fraction of sp³-hybridized carbons (Fsp3) is 0.400. The average molecular weight is 219 g/mol. The van der Waals surface area contributed by atoms with Crippen molar-refractivity contribution in [1.82, 2.24) is 20.1 Å². The van der Waals surface area contributed by atoms with E-state index in [4.69, 9.17) is 4.52 Å². The van der Waals surface area contributed by atoms with Crippen LogP contribution in [0, 0.1) is 13.8 Å². The number of anilines is 1. The first-order valence-electron chi connectivity index (χ1n) is 5.06. The van der Waals surface area contributed by atoms with E-state index in [2.05, 4.69) is 25.4 Å². The van der Waals surface area contributed by atoms with Gasteiger partial charge in [0.1, 0.15) is 0 Å².